The van der Waals surface area contributed by atoms with Crippen LogP contribution >= 0.6 is 0 Å². The number of nitrogens with one attached hydrogen (secondary N) is 1. The van der Waals surface area contributed by atoms with E-state index < -0.39 is 27.7 Å². The number of hydrogen-bond acceptors (Lipinski definition) is 4. The number of halogens is 2. The van der Waals surface area contributed by atoms with Crippen LogP contribution in [-0.2, 0) is 26.2 Å². The molecule has 2 aromatic carbocycles. The number of amides is 2. The Hall–Kier alpha value is -3.01. The Bertz CT molecular complexity index is 1090. The minimum absolute atomic E-state index is 0.00798. The molecule has 0 spiro atoms. The van der Waals surface area contributed by atoms with Crippen LogP contribution in [-0.4, -0.2) is 50.0 Å². The molecule has 0 heterocycles. The van der Waals surface area contributed by atoms with Gasteiger partial charge in [-0.1, -0.05) is 19.1 Å². The van der Waals surface area contributed by atoms with E-state index in [0.29, 0.717) is 11.3 Å². The van der Waals surface area contributed by atoms with E-state index in [2.05, 4.69) is 5.32 Å². The highest BCUT2D eigenvalue weighted by Gasteiger charge is 2.27. The van der Waals surface area contributed by atoms with Gasteiger partial charge in [-0.3, -0.25) is 13.9 Å². The average Bonchev–Trinajstić information content (AvgIpc) is 2.80. The van der Waals surface area contributed by atoms with Crippen molar-refractivity contribution in [2.75, 3.05) is 17.1 Å². The minimum atomic E-state index is -3.66. The van der Waals surface area contributed by atoms with Crippen LogP contribution in [0.3, 0.4) is 0 Å². The van der Waals surface area contributed by atoms with Crippen LogP contribution in [0.25, 0.3) is 0 Å². The summed E-state index contributed by atoms with van der Waals surface area (Å²) in [6.07, 6.45) is 1.94. The number of carbonyl (C=O) groups is 2. The smallest absolute Gasteiger partial charge is 0.242 e. The Kier molecular flexibility index (Phi) is 10.2. The third-order valence-electron chi connectivity index (χ3n) is 5.70. The molecular formula is C25H33F2N3O4S. The highest BCUT2D eigenvalue weighted by atomic mass is 32.2. The highest BCUT2D eigenvalue weighted by molar-refractivity contribution is 7.92. The van der Waals surface area contributed by atoms with E-state index in [4.69, 9.17) is 0 Å². The third-order valence-corrected chi connectivity index (χ3v) is 6.90. The van der Waals surface area contributed by atoms with E-state index >= 15 is 0 Å². The second-order valence-electron chi connectivity index (χ2n) is 8.56. The standard InChI is InChI=1S/C25H33F2N3O4S/c1-5-18(2)28-25(32)19(3)29(17-20-8-10-21(26)11-9-20)24(31)7-6-16-30(35(4,33)34)23-14-12-22(27)13-15-23/h8-15,18-19H,5-7,16-17H2,1-4H3,(H,28,32)/t18-,19+/m0/s1. The predicted molar refractivity (Wildman–Crippen MR) is 132 cm³/mol. The molecule has 0 aliphatic carbocycles. The van der Waals surface area contributed by atoms with Gasteiger partial charge in [0.05, 0.1) is 11.9 Å². The van der Waals surface area contributed by atoms with Crippen molar-refractivity contribution in [1.82, 2.24) is 10.2 Å². The summed E-state index contributed by atoms with van der Waals surface area (Å²) in [5, 5.41) is 2.87. The maximum Gasteiger partial charge on any atom is 0.242 e. The lowest BCUT2D eigenvalue weighted by Gasteiger charge is -2.30. The number of benzene rings is 2. The van der Waals surface area contributed by atoms with Crippen molar-refractivity contribution in [3.8, 4) is 0 Å². The van der Waals surface area contributed by atoms with Crippen molar-refractivity contribution in [3.63, 3.8) is 0 Å². The first-order valence-electron chi connectivity index (χ1n) is 11.5. The molecule has 0 aromatic heterocycles. The van der Waals surface area contributed by atoms with E-state index in [-0.39, 0.29) is 43.8 Å². The van der Waals surface area contributed by atoms with Gasteiger partial charge >= 0.3 is 0 Å². The minimum Gasteiger partial charge on any atom is -0.352 e. The molecule has 0 radical (unpaired) electrons. The van der Waals surface area contributed by atoms with Crippen molar-refractivity contribution < 1.29 is 26.8 Å². The zero-order chi connectivity index (χ0) is 26.2. The van der Waals surface area contributed by atoms with Gasteiger partial charge in [0.1, 0.15) is 17.7 Å². The Morgan fingerprint density at radius 2 is 1.51 bits per heavy atom. The first kappa shape index (κ1) is 28.2. The highest BCUT2D eigenvalue weighted by Crippen LogP contribution is 2.20. The van der Waals surface area contributed by atoms with Crippen molar-refractivity contribution >= 4 is 27.5 Å². The molecule has 0 saturated carbocycles. The molecule has 7 nitrogen and oxygen atoms in total. The lowest BCUT2D eigenvalue weighted by atomic mass is 10.1. The molecule has 0 bridgehead atoms. The van der Waals surface area contributed by atoms with Gasteiger partial charge in [-0.05, 0) is 68.7 Å². The van der Waals surface area contributed by atoms with Gasteiger partial charge in [0, 0.05) is 25.6 Å². The quantitative estimate of drug-likeness (QED) is 0.471. The normalized spacial score (nSPS) is 13.1. The zero-order valence-electron chi connectivity index (χ0n) is 20.5. The molecule has 1 N–H and O–H groups in total. The number of carbonyl (C=O) groups excluding carboxylic acids is 2. The summed E-state index contributed by atoms with van der Waals surface area (Å²) < 4.78 is 52.3. The predicted octanol–water partition coefficient (Wildman–Crippen LogP) is 3.84. The lowest BCUT2D eigenvalue weighted by Crippen LogP contribution is -2.49. The van der Waals surface area contributed by atoms with Crippen LogP contribution in [0, 0.1) is 11.6 Å². The van der Waals surface area contributed by atoms with Crippen molar-refractivity contribution in [2.45, 2.75) is 58.7 Å². The molecule has 0 aliphatic heterocycles. The van der Waals surface area contributed by atoms with Crippen LogP contribution in [0.5, 0.6) is 0 Å². The summed E-state index contributed by atoms with van der Waals surface area (Å²) in [6.45, 7) is 5.54. The molecule has 192 valence electrons. The van der Waals surface area contributed by atoms with Gasteiger partial charge in [0.2, 0.25) is 21.8 Å². The van der Waals surface area contributed by atoms with Crippen LogP contribution in [0.2, 0.25) is 0 Å². The maximum atomic E-state index is 13.3. The fourth-order valence-electron chi connectivity index (χ4n) is 3.45. The van der Waals surface area contributed by atoms with Gasteiger partial charge in [-0.15, -0.1) is 0 Å². The second-order valence-corrected chi connectivity index (χ2v) is 10.5. The third kappa shape index (κ3) is 8.61. The number of anilines is 1. The van der Waals surface area contributed by atoms with Gasteiger partial charge in [-0.25, -0.2) is 17.2 Å². The molecule has 2 atom stereocenters. The van der Waals surface area contributed by atoms with Crippen molar-refractivity contribution in [2.24, 2.45) is 0 Å². The Morgan fingerprint density at radius 1 is 0.971 bits per heavy atom. The van der Waals surface area contributed by atoms with Gasteiger partial charge in [0.15, 0.2) is 0 Å². The average molecular weight is 510 g/mol. The molecule has 0 unspecified atom stereocenters. The zero-order valence-corrected chi connectivity index (χ0v) is 21.3. The number of hydrogen-bond donors (Lipinski definition) is 1. The summed E-state index contributed by atoms with van der Waals surface area (Å²) in [5.74, 6) is -1.54. The lowest BCUT2D eigenvalue weighted by molar-refractivity contribution is -0.140. The van der Waals surface area contributed by atoms with Crippen molar-refractivity contribution in [3.05, 3.63) is 65.7 Å². The summed E-state index contributed by atoms with van der Waals surface area (Å²) in [6, 6.07) is 9.88. The molecular weight excluding hydrogens is 476 g/mol. The Labute approximate surface area is 206 Å². The maximum absolute atomic E-state index is 13.3. The topological polar surface area (TPSA) is 86.8 Å². The Morgan fingerprint density at radius 3 is 2.03 bits per heavy atom. The number of rotatable bonds is 12. The molecule has 35 heavy (non-hydrogen) atoms. The SMILES string of the molecule is CC[C@H](C)NC(=O)[C@@H](C)N(Cc1ccc(F)cc1)C(=O)CCCN(c1ccc(F)cc1)S(C)(=O)=O. The van der Waals surface area contributed by atoms with Crippen LogP contribution in [0.15, 0.2) is 48.5 Å². The van der Waals surface area contributed by atoms with E-state index in [1.54, 1.807) is 19.1 Å². The molecule has 2 rings (SSSR count). The van der Waals surface area contributed by atoms with E-state index in [9.17, 15) is 26.8 Å². The summed E-state index contributed by atoms with van der Waals surface area (Å²) >= 11 is 0. The second kappa shape index (κ2) is 12.6. The molecule has 10 heteroatoms. The number of nitrogens with zero attached hydrogens (tertiary/aromatic N) is 2. The first-order chi connectivity index (χ1) is 16.4. The fraction of sp³-hybridized carbons (Fsp3) is 0.440. The van der Waals surface area contributed by atoms with Gasteiger partial charge < -0.3 is 10.2 Å². The first-order valence-corrected chi connectivity index (χ1v) is 13.3. The molecule has 2 amide bonds. The van der Waals surface area contributed by atoms with E-state index in [0.717, 1.165) is 17.0 Å². The molecule has 0 aliphatic rings. The van der Waals surface area contributed by atoms with Gasteiger partial charge in [-0.2, -0.15) is 0 Å². The van der Waals surface area contributed by atoms with Crippen molar-refractivity contribution in [1.29, 1.82) is 0 Å². The van der Waals surface area contributed by atoms with E-state index in [1.807, 2.05) is 13.8 Å². The monoisotopic (exact) mass is 509 g/mol. The molecule has 0 fully saturated rings. The molecule has 0 saturated heterocycles. The van der Waals surface area contributed by atoms with E-state index in [1.165, 1.54) is 41.3 Å². The van der Waals surface area contributed by atoms with Crippen LogP contribution in [0.4, 0.5) is 14.5 Å². The summed E-state index contributed by atoms with van der Waals surface area (Å²) in [5.41, 5.74) is 0.956. The summed E-state index contributed by atoms with van der Waals surface area (Å²) in [7, 11) is -3.66. The molecule has 2 aromatic rings. The Balaban J connectivity index is 2.15. The fourth-order valence-corrected chi connectivity index (χ4v) is 4.41. The largest absolute Gasteiger partial charge is 0.352 e. The number of sulfonamides is 1. The van der Waals surface area contributed by atoms with Gasteiger partial charge in [0.25, 0.3) is 0 Å². The summed E-state index contributed by atoms with van der Waals surface area (Å²) in [4.78, 5) is 27.3. The van der Waals surface area contributed by atoms with Crippen LogP contribution < -0.4 is 9.62 Å². The van der Waals surface area contributed by atoms with Crippen LogP contribution in [0.1, 0.15) is 45.6 Å².